The highest BCUT2D eigenvalue weighted by Crippen LogP contribution is 2.25. The third-order valence-corrected chi connectivity index (χ3v) is 4.40. The lowest BCUT2D eigenvalue weighted by molar-refractivity contribution is -0.119. The Morgan fingerprint density at radius 1 is 0.964 bits per heavy atom. The molecule has 0 bridgehead atoms. The van der Waals surface area contributed by atoms with Gasteiger partial charge in [-0.05, 0) is 49.0 Å². The molecular formula is C19H20Cl2N4O3. The molecule has 0 aliphatic carbocycles. The Kier molecular flexibility index (Phi) is 7.80. The van der Waals surface area contributed by atoms with E-state index in [0.29, 0.717) is 33.5 Å². The van der Waals surface area contributed by atoms with Crippen molar-refractivity contribution in [1.82, 2.24) is 4.90 Å². The van der Waals surface area contributed by atoms with Gasteiger partial charge in [0.2, 0.25) is 17.7 Å². The number of nitrogens with two attached hydrogens (primary N) is 1. The van der Waals surface area contributed by atoms with Crippen molar-refractivity contribution in [2.24, 2.45) is 5.73 Å². The lowest BCUT2D eigenvalue weighted by Gasteiger charge is -2.19. The van der Waals surface area contributed by atoms with Gasteiger partial charge in [0.15, 0.2) is 0 Å². The van der Waals surface area contributed by atoms with E-state index in [4.69, 9.17) is 28.9 Å². The number of primary amides is 1. The van der Waals surface area contributed by atoms with Crippen molar-refractivity contribution in [3.63, 3.8) is 0 Å². The normalized spacial score (nSPS) is 10.6. The predicted octanol–water partition coefficient (Wildman–Crippen LogP) is 2.99. The van der Waals surface area contributed by atoms with Gasteiger partial charge in [-0.3, -0.25) is 19.3 Å². The van der Waals surface area contributed by atoms with Gasteiger partial charge in [0.25, 0.3) is 0 Å². The van der Waals surface area contributed by atoms with Crippen molar-refractivity contribution in [2.75, 3.05) is 30.3 Å². The Bertz CT molecular complexity index is 872. The maximum absolute atomic E-state index is 12.3. The van der Waals surface area contributed by atoms with Crippen LogP contribution >= 0.6 is 23.2 Å². The first-order valence-electron chi connectivity index (χ1n) is 8.45. The summed E-state index contributed by atoms with van der Waals surface area (Å²) >= 11 is 11.9. The van der Waals surface area contributed by atoms with Gasteiger partial charge < -0.3 is 16.4 Å². The second-order valence-corrected chi connectivity index (χ2v) is 6.81. The zero-order valence-corrected chi connectivity index (χ0v) is 16.7. The van der Waals surface area contributed by atoms with Crippen LogP contribution in [0.15, 0.2) is 42.5 Å². The van der Waals surface area contributed by atoms with Gasteiger partial charge in [-0.25, -0.2) is 0 Å². The summed E-state index contributed by atoms with van der Waals surface area (Å²) in [4.78, 5) is 37.2. The van der Waals surface area contributed by atoms with Crippen LogP contribution in [0, 0.1) is 0 Å². The summed E-state index contributed by atoms with van der Waals surface area (Å²) in [7, 11) is 0. The number of carbonyl (C=O) groups excluding carboxylic acids is 3. The van der Waals surface area contributed by atoms with E-state index in [9.17, 15) is 14.4 Å². The molecule has 0 spiro atoms. The summed E-state index contributed by atoms with van der Waals surface area (Å²) in [6.07, 6.45) is 0. The van der Waals surface area contributed by atoms with E-state index in [2.05, 4.69) is 10.6 Å². The van der Waals surface area contributed by atoms with E-state index < -0.39 is 5.91 Å². The number of nitrogens with one attached hydrogen (secondary N) is 2. The molecule has 0 heterocycles. The van der Waals surface area contributed by atoms with E-state index in [1.165, 1.54) is 12.1 Å². The van der Waals surface area contributed by atoms with Gasteiger partial charge in [0.1, 0.15) is 0 Å². The smallest absolute Gasteiger partial charge is 0.248 e. The number of amides is 3. The largest absolute Gasteiger partial charge is 0.366 e. The minimum Gasteiger partial charge on any atom is -0.366 e. The molecule has 0 radical (unpaired) electrons. The molecule has 0 saturated carbocycles. The lowest BCUT2D eigenvalue weighted by atomic mass is 10.2. The van der Waals surface area contributed by atoms with Crippen LogP contribution in [0.4, 0.5) is 11.4 Å². The van der Waals surface area contributed by atoms with Crippen LogP contribution in [0.3, 0.4) is 0 Å². The van der Waals surface area contributed by atoms with Crippen molar-refractivity contribution < 1.29 is 14.4 Å². The molecule has 3 amide bonds. The van der Waals surface area contributed by atoms with Crippen LogP contribution in [0.2, 0.25) is 10.0 Å². The van der Waals surface area contributed by atoms with Crippen LogP contribution in [0.25, 0.3) is 0 Å². The Labute approximate surface area is 172 Å². The molecule has 4 N–H and O–H groups in total. The summed E-state index contributed by atoms with van der Waals surface area (Å²) < 4.78 is 0. The van der Waals surface area contributed by atoms with E-state index >= 15 is 0 Å². The number of benzene rings is 2. The summed E-state index contributed by atoms with van der Waals surface area (Å²) in [6, 6.07) is 11.0. The molecule has 9 heteroatoms. The fourth-order valence-electron chi connectivity index (χ4n) is 2.39. The molecule has 2 aromatic carbocycles. The van der Waals surface area contributed by atoms with Crippen molar-refractivity contribution >= 4 is 52.3 Å². The maximum atomic E-state index is 12.3. The van der Waals surface area contributed by atoms with E-state index in [0.717, 1.165) is 0 Å². The molecule has 0 unspecified atom stereocenters. The topological polar surface area (TPSA) is 105 Å². The minimum absolute atomic E-state index is 0.00732. The van der Waals surface area contributed by atoms with Crippen LogP contribution in [-0.4, -0.2) is 42.3 Å². The first-order valence-corrected chi connectivity index (χ1v) is 9.21. The molecule has 7 nitrogen and oxygen atoms in total. The standard InChI is InChI=1S/C19H20Cl2N4O3/c1-2-25(11-18(27)24-16-9-13(20)5-8-15(16)21)10-17(26)23-14-6-3-12(4-7-14)19(22)28/h3-9H,2,10-11H2,1H3,(H2,22,28)(H,23,26)(H,24,27). The number of anilines is 2. The van der Waals surface area contributed by atoms with Gasteiger partial charge in [-0.2, -0.15) is 0 Å². The molecule has 2 aromatic rings. The predicted molar refractivity (Wildman–Crippen MR) is 111 cm³/mol. The molecule has 148 valence electrons. The van der Waals surface area contributed by atoms with E-state index in [1.807, 2.05) is 6.92 Å². The molecule has 2 rings (SSSR count). The Balaban J connectivity index is 1.90. The SMILES string of the molecule is CCN(CC(=O)Nc1ccc(C(N)=O)cc1)CC(=O)Nc1cc(Cl)ccc1Cl. The number of nitrogens with zero attached hydrogens (tertiary/aromatic N) is 1. The first-order chi connectivity index (χ1) is 13.3. The molecule has 0 aromatic heterocycles. The average molecular weight is 423 g/mol. The summed E-state index contributed by atoms with van der Waals surface area (Å²) in [5, 5.41) is 6.22. The molecular weight excluding hydrogens is 403 g/mol. The minimum atomic E-state index is -0.541. The number of carbonyl (C=O) groups is 3. The Morgan fingerprint density at radius 2 is 1.57 bits per heavy atom. The molecule has 0 fully saturated rings. The van der Waals surface area contributed by atoms with Crippen LogP contribution in [0.5, 0.6) is 0 Å². The number of halogens is 2. The van der Waals surface area contributed by atoms with E-state index in [-0.39, 0.29) is 24.9 Å². The highest BCUT2D eigenvalue weighted by molar-refractivity contribution is 6.35. The fraction of sp³-hybridized carbons (Fsp3) is 0.211. The summed E-state index contributed by atoms with van der Waals surface area (Å²) in [5.41, 5.74) is 6.47. The quantitative estimate of drug-likeness (QED) is 0.607. The average Bonchev–Trinajstić information content (AvgIpc) is 2.64. The number of hydrogen-bond acceptors (Lipinski definition) is 4. The van der Waals surface area contributed by atoms with Crippen LogP contribution in [-0.2, 0) is 9.59 Å². The number of hydrogen-bond donors (Lipinski definition) is 3. The van der Waals surface area contributed by atoms with Crippen molar-refractivity contribution in [3.8, 4) is 0 Å². The Morgan fingerprint density at radius 3 is 2.14 bits per heavy atom. The summed E-state index contributed by atoms with van der Waals surface area (Å²) in [5.74, 6) is -1.15. The van der Waals surface area contributed by atoms with Gasteiger partial charge in [-0.1, -0.05) is 30.1 Å². The zero-order valence-electron chi connectivity index (χ0n) is 15.2. The monoisotopic (exact) mass is 422 g/mol. The van der Waals surface area contributed by atoms with E-state index in [1.54, 1.807) is 35.2 Å². The van der Waals surface area contributed by atoms with Gasteiger partial charge >= 0.3 is 0 Å². The lowest BCUT2D eigenvalue weighted by Crippen LogP contribution is -2.38. The third kappa shape index (κ3) is 6.53. The third-order valence-electron chi connectivity index (χ3n) is 3.84. The highest BCUT2D eigenvalue weighted by Gasteiger charge is 2.15. The Hall–Kier alpha value is -2.61. The fourth-order valence-corrected chi connectivity index (χ4v) is 2.72. The molecule has 0 aliphatic heterocycles. The number of likely N-dealkylation sites (N-methyl/N-ethyl adjacent to an activating group) is 1. The first kappa shape index (κ1) is 21.7. The molecule has 0 aliphatic rings. The van der Waals surface area contributed by atoms with Gasteiger partial charge in [0.05, 0.1) is 23.8 Å². The summed E-state index contributed by atoms with van der Waals surface area (Å²) in [6.45, 7) is 2.36. The van der Waals surface area contributed by atoms with Gasteiger partial charge in [0, 0.05) is 16.3 Å². The van der Waals surface area contributed by atoms with Crippen LogP contribution < -0.4 is 16.4 Å². The molecule has 0 saturated heterocycles. The maximum Gasteiger partial charge on any atom is 0.248 e. The number of rotatable bonds is 8. The second kappa shape index (κ2) is 10.1. The van der Waals surface area contributed by atoms with Crippen molar-refractivity contribution in [2.45, 2.75) is 6.92 Å². The zero-order chi connectivity index (χ0) is 20.7. The van der Waals surface area contributed by atoms with Crippen molar-refractivity contribution in [3.05, 3.63) is 58.1 Å². The van der Waals surface area contributed by atoms with Crippen LogP contribution in [0.1, 0.15) is 17.3 Å². The highest BCUT2D eigenvalue weighted by atomic mass is 35.5. The van der Waals surface area contributed by atoms with Gasteiger partial charge in [-0.15, -0.1) is 0 Å². The second-order valence-electron chi connectivity index (χ2n) is 5.97. The molecule has 0 atom stereocenters. The van der Waals surface area contributed by atoms with Crippen molar-refractivity contribution in [1.29, 1.82) is 0 Å². The molecule has 28 heavy (non-hydrogen) atoms.